The third-order valence-electron chi connectivity index (χ3n) is 6.85. The Kier molecular flexibility index (Phi) is 5.04. The third-order valence-corrected chi connectivity index (χ3v) is 6.85. The Morgan fingerprint density at radius 1 is 0.970 bits per heavy atom. The van der Waals surface area contributed by atoms with E-state index in [-0.39, 0.29) is 0 Å². The van der Waals surface area contributed by atoms with E-state index in [0.29, 0.717) is 22.6 Å². The summed E-state index contributed by atoms with van der Waals surface area (Å²) in [5, 5.41) is 39.8. The zero-order chi connectivity index (χ0) is 24.0. The predicted molar refractivity (Wildman–Crippen MR) is 116 cm³/mol. The van der Waals surface area contributed by atoms with Gasteiger partial charge in [0.25, 0.3) is 0 Å². The molecule has 2 aliphatic rings. The molecule has 0 saturated carbocycles. The maximum Gasteiger partial charge on any atom is 0.244 e. The molecule has 0 aliphatic carbocycles. The van der Waals surface area contributed by atoms with Crippen molar-refractivity contribution in [1.82, 2.24) is 0 Å². The minimum absolute atomic E-state index is 0.321. The van der Waals surface area contributed by atoms with Crippen LogP contribution < -0.4 is 9.47 Å². The molecule has 166 valence electrons. The molecule has 4 atom stereocenters. The second-order valence-electron chi connectivity index (χ2n) is 8.24. The van der Waals surface area contributed by atoms with Crippen LogP contribution in [0.25, 0.3) is 0 Å². The van der Waals surface area contributed by atoms with Gasteiger partial charge in [-0.15, -0.1) is 0 Å². The smallest absolute Gasteiger partial charge is 0.244 e. The summed E-state index contributed by atoms with van der Waals surface area (Å²) in [5.41, 5.74) is -1.98. The molecule has 2 bridgehead atoms. The Bertz CT molecular complexity index is 1240. The SMILES string of the molecule is COc1ccc(C2OC3(c4ccc(C)cc4)OC(=N)C(C#N)(C3C)C2(C#N)C#N)c(OC)c1. The quantitative estimate of drug-likeness (QED) is 0.753. The first kappa shape index (κ1) is 22.1. The predicted octanol–water partition coefficient (Wildman–Crippen LogP) is 4.12. The zero-order valence-corrected chi connectivity index (χ0v) is 18.7. The van der Waals surface area contributed by atoms with Gasteiger partial charge in [0.2, 0.25) is 17.1 Å². The summed E-state index contributed by atoms with van der Waals surface area (Å²) in [6.07, 6.45) is -1.26. The minimum Gasteiger partial charge on any atom is -0.497 e. The first-order valence-corrected chi connectivity index (χ1v) is 10.3. The number of nitriles is 3. The van der Waals surface area contributed by atoms with Crippen LogP contribution in [0.5, 0.6) is 11.5 Å². The average Bonchev–Trinajstić information content (AvgIpc) is 3.00. The highest BCUT2D eigenvalue weighted by molar-refractivity contribution is 5.89. The Hall–Kier alpha value is -4.06. The molecule has 2 aromatic carbocycles. The van der Waals surface area contributed by atoms with Crippen LogP contribution >= 0.6 is 0 Å². The standard InChI is InChI=1S/C25H22N4O4/c1-15-5-7-17(8-6-15)25-16(2)24(14-28,22(29)33-25)23(12-26,13-27)21(32-25)19-10-9-18(30-3)11-20(19)31-4/h5-11,16,21,29H,1-4H3. The molecule has 8 nitrogen and oxygen atoms in total. The lowest BCUT2D eigenvalue weighted by molar-refractivity contribution is -0.288. The Labute approximate surface area is 192 Å². The highest BCUT2D eigenvalue weighted by Crippen LogP contribution is 2.69. The maximum atomic E-state index is 10.4. The molecule has 2 aromatic rings. The molecule has 4 rings (SSSR count). The lowest BCUT2D eigenvalue weighted by Gasteiger charge is -2.49. The second-order valence-corrected chi connectivity index (χ2v) is 8.24. The van der Waals surface area contributed by atoms with Gasteiger partial charge in [-0.25, -0.2) is 0 Å². The van der Waals surface area contributed by atoms with Gasteiger partial charge in [-0.2, -0.15) is 15.8 Å². The number of fused-ring (bicyclic) bond motifs is 2. The highest BCUT2D eigenvalue weighted by Gasteiger charge is 2.80. The zero-order valence-electron chi connectivity index (χ0n) is 18.7. The Morgan fingerprint density at radius 2 is 1.64 bits per heavy atom. The van der Waals surface area contributed by atoms with E-state index in [1.807, 2.05) is 31.2 Å². The van der Waals surface area contributed by atoms with Gasteiger partial charge in [0.1, 0.15) is 17.6 Å². The number of nitrogens with zero attached hydrogens (tertiary/aromatic N) is 3. The molecule has 0 spiro atoms. The summed E-state index contributed by atoms with van der Waals surface area (Å²) in [7, 11) is 2.96. The van der Waals surface area contributed by atoms with E-state index >= 15 is 0 Å². The third kappa shape index (κ3) is 2.61. The summed E-state index contributed by atoms with van der Waals surface area (Å²) >= 11 is 0. The Morgan fingerprint density at radius 3 is 2.18 bits per heavy atom. The van der Waals surface area contributed by atoms with Crippen molar-refractivity contribution in [3.8, 4) is 29.7 Å². The lowest BCUT2D eigenvalue weighted by Crippen LogP contribution is -2.57. The molecule has 0 aromatic heterocycles. The van der Waals surface area contributed by atoms with Crippen molar-refractivity contribution in [1.29, 1.82) is 21.2 Å². The number of benzene rings is 2. The van der Waals surface area contributed by atoms with Crippen molar-refractivity contribution < 1.29 is 18.9 Å². The molecule has 0 radical (unpaired) electrons. The maximum absolute atomic E-state index is 10.4. The monoisotopic (exact) mass is 442 g/mol. The van der Waals surface area contributed by atoms with E-state index in [9.17, 15) is 15.8 Å². The fourth-order valence-electron chi connectivity index (χ4n) is 4.97. The molecule has 4 unspecified atom stereocenters. The van der Waals surface area contributed by atoms with Crippen LogP contribution in [0, 0.1) is 63.1 Å². The normalized spacial score (nSPS) is 29.2. The summed E-state index contributed by atoms with van der Waals surface area (Å²) in [6.45, 7) is 3.61. The fraction of sp³-hybridized carbons (Fsp3) is 0.360. The van der Waals surface area contributed by atoms with Gasteiger partial charge in [-0.05, 0) is 19.1 Å². The van der Waals surface area contributed by atoms with Crippen LogP contribution in [-0.2, 0) is 15.3 Å². The van der Waals surface area contributed by atoms with Crippen LogP contribution in [0.4, 0.5) is 0 Å². The molecular weight excluding hydrogens is 420 g/mol. The number of hydrogen-bond donors (Lipinski definition) is 1. The molecule has 2 heterocycles. The van der Waals surface area contributed by atoms with Gasteiger partial charge in [0.05, 0.1) is 38.3 Å². The number of aryl methyl sites for hydroxylation is 1. The average molecular weight is 442 g/mol. The van der Waals surface area contributed by atoms with Gasteiger partial charge < -0.3 is 18.9 Å². The number of nitrogens with one attached hydrogen (secondary N) is 1. The molecule has 1 N–H and O–H groups in total. The summed E-state index contributed by atoms with van der Waals surface area (Å²) in [4.78, 5) is 0. The number of ether oxygens (including phenoxy) is 4. The molecule has 2 aliphatic heterocycles. The molecule has 33 heavy (non-hydrogen) atoms. The summed E-state index contributed by atoms with van der Waals surface area (Å²) < 4.78 is 23.3. The van der Waals surface area contributed by atoms with E-state index in [4.69, 9.17) is 24.4 Å². The first-order valence-electron chi connectivity index (χ1n) is 10.3. The van der Waals surface area contributed by atoms with Gasteiger partial charge in [0, 0.05) is 17.2 Å². The van der Waals surface area contributed by atoms with Crippen LogP contribution in [0.2, 0.25) is 0 Å². The van der Waals surface area contributed by atoms with Crippen LogP contribution in [0.3, 0.4) is 0 Å². The number of hydrogen-bond acceptors (Lipinski definition) is 8. The lowest BCUT2D eigenvalue weighted by atomic mass is 9.53. The minimum atomic E-state index is -2.08. The molecular formula is C25H22N4O4. The van der Waals surface area contributed by atoms with Crippen LogP contribution in [0.15, 0.2) is 42.5 Å². The molecule has 2 saturated heterocycles. The van der Waals surface area contributed by atoms with Crippen molar-refractivity contribution in [3.05, 3.63) is 59.2 Å². The first-order chi connectivity index (χ1) is 15.8. The number of rotatable bonds is 4. The van der Waals surface area contributed by atoms with Crippen molar-refractivity contribution in [2.45, 2.75) is 25.7 Å². The fourth-order valence-corrected chi connectivity index (χ4v) is 4.97. The van der Waals surface area contributed by atoms with E-state index in [0.717, 1.165) is 5.56 Å². The molecule has 0 amide bonds. The highest BCUT2D eigenvalue weighted by atomic mass is 16.7. The van der Waals surface area contributed by atoms with Crippen molar-refractivity contribution in [2.75, 3.05) is 14.2 Å². The van der Waals surface area contributed by atoms with Crippen molar-refractivity contribution in [2.24, 2.45) is 16.7 Å². The number of methoxy groups -OCH3 is 2. The van der Waals surface area contributed by atoms with Crippen LogP contribution in [-0.4, -0.2) is 20.1 Å². The van der Waals surface area contributed by atoms with Gasteiger partial charge in [-0.3, -0.25) is 5.41 Å². The van der Waals surface area contributed by atoms with E-state index in [1.54, 1.807) is 37.3 Å². The van der Waals surface area contributed by atoms with E-state index in [2.05, 4.69) is 6.07 Å². The van der Waals surface area contributed by atoms with Crippen LogP contribution in [0.1, 0.15) is 29.7 Å². The van der Waals surface area contributed by atoms with Crippen molar-refractivity contribution in [3.63, 3.8) is 0 Å². The molecule has 8 heteroatoms. The van der Waals surface area contributed by atoms with Gasteiger partial charge >= 0.3 is 0 Å². The van der Waals surface area contributed by atoms with E-state index < -0.39 is 34.5 Å². The molecule has 2 fully saturated rings. The Balaban J connectivity index is 2.05. The largest absolute Gasteiger partial charge is 0.497 e. The van der Waals surface area contributed by atoms with Crippen molar-refractivity contribution >= 4 is 5.90 Å². The summed E-state index contributed by atoms with van der Waals surface area (Å²) in [5.74, 6) is -2.01. The topological polar surface area (TPSA) is 132 Å². The van der Waals surface area contributed by atoms with E-state index in [1.165, 1.54) is 14.2 Å². The summed E-state index contributed by atoms with van der Waals surface area (Å²) in [6, 6.07) is 18.5. The van der Waals surface area contributed by atoms with Gasteiger partial charge in [-0.1, -0.05) is 36.8 Å². The van der Waals surface area contributed by atoms with Gasteiger partial charge in [0.15, 0.2) is 5.41 Å². The second kappa shape index (κ2) is 7.52.